The summed E-state index contributed by atoms with van der Waals surface area (Å²) < 4.78 is 13.2. The van der Waals surface area contributed by atoms with Gasteiger partial charge in [0.15, 0.2) is 0 Å². The molecule has 3 nitrogen and oxygen atoms in total. The third-order valence-corrected chi connectivity index (χ3v) is 5.34. The third-order valence-electron chi connectivity index (χ3n) is 5.08. The van der Waals surface area contributed by atoms with Crippen LogP contribution in [0.4, 0.5) is 15.8 Å². The van der Waals surface area contributed by atoms with Crippen LogP contribution in [-0.2, 0) is 0 Å². The molecule has 1 aliphatic heterocycles. The summed E-state index contributed by atoms with van der Waals surface area (Å²) >= 11 is 5.96. The van der Waals surface area contributed by atoms with E-state index in [9.17, 15) is 9.18 Å². The normalized spacial score (nSPS) is 18.5. The fraction of sp³-hybridized carbons (Fsp3) is 0.174. The van der Waals surface area contributed by atoms with Crippen LogP contribution in [0.15, 0.2) is 72.8 Å². The van der Waals surface area contributed by atoms with Crippen LogP contribution >= 0.6 is 11.6 Å². The fourth-order valence-corrected chi connectivity index (χ4v) is 3.86. The summed E-state index contributed by atoms with van der Waals surface area (Å²) in [7, 11) is 0. The van der Waals surface area contributed by atoms with Gasteiger partial charge >= 0.3 is 0 Å². The number of halogens is 2. The highest BCUT2D eigenvalue weighted by Crippen LogP contribution is 2.39. The van der Waals surface area contributed by atoms with Crippen molar-refractivity contribution in [2.75, 3.05) is 10.2 Å². The van der Waals surface area contributed by atoms with Crippen LogP contribution < -0.4 is 10.2 Å². The van der Waals surface area contributed by atoms with E-state index in [1.165, 1.54) is 12.1 Å². The van der Waals surface area contributed by atoms with E-state index in [0.717, 1.165) is 23.4 Å². The molecule has 0 aromatic heterocycles. The van der Waals surface area contributed by atoms with E-state index in [-0.39, 0.29) is 23.8 Å². The first-order chi connectivity index (χ1) is 13.5. The van der Waals surface area contributed by atoms with Crippen LogP contribution in [0.25, 0.3) is 0 Å². The van der Waals surface area contributed by atoms with Gasteiger partial charge in [-0.2, -0.15) is 0 Å². The molecule has 2 atom stereocenters. The monoisotopic (exact) mass is 394 g/mol. The molecule has 0 saturated heterocycles. The predicted octanol–water partition coefficient (Wildman–Crippen LogP) is 6.07. The van der Waals surface area contributed by atoms with E-state index in [1.807, 2.05) is 36.1 Å². The van der Waals surface area contributed by atoms with E-state index in [1.54, 1.807) is 36.4 Å². The van der Waals surface area contributed by atoms with Crippen molar-refractivity contribution in [3.05, 3.63) is 94.8 Å². The molecule has 3 aromatic rings. The van der Waals surface area contributed by atoms with Crippen molar-refractivity contribution < 1.29 is 9.18 Å². The molecule has 1 N–H and O–H groups in total. The number of benzene rings is 3. The number of carbonyl (C=O) groups excluding carboxylic acids is 1. The van der Waals surface area contributed by atoms with Crippen LogP contribution in [-0.4, -0.2) is 11.9 Å². The number of para-hydroxylation sites is 1. The first-order valence-corrected chi connectivity index (χ1v) is 9.61. The summed E-state index contributed by atoms with van der Waals surface area (Å²) in [4.78, 5) is 15.1. The van der Waals surface area contributed by atoms with Crippen molar-refractivity contribution in [1.82, 2.24) is 0 Å². The molecule has 28 heavy (non-hydrogen) atoms. The van der Waals surface area contributed by atoms with E-state index >= 15 is 0 Å². The molecule has 5 heteroatoms. The van der Waals surface area contributed by atoms with Gasteiger partial charge in [0.05, 0.1) is 6.04 Å². The van der Waals surface area contributed by atoms with Gasteiger partial charge in [-0.3, -0.25) is 4.79 Å². The molecule has 1 amide bonds. The molecule has 0 bridgehead atoms. The second-order valence-electron chi connectivity index (χ2n) is 7.03. The molecule has 0 spiro atoms. The van der Waals surface area contributed by atoms with Crippen molar-refractivity contribution in [2.24, 2.45) is 0 Å². The molecule has 0 unspecified atom stereocenters. The molecule has 0 aliphatic carbocycles. The Morgan fingerprint density at radius 3 is 2.43 bits per heavy atom. The number of anilines is 2. The summed E-state index contributed by atoms with van der Waals surface area (Å²) in [5.74, 6) is -0.306. The van der Waals surface area contributed by atoms with Crippen molar-refractivity contribution in [2.45, 2.75) is 25.4 Å². The van der Waals surface area contributed by atoms with Gasteiger partial charge in [0.1, 0.15) is 5.82 Å². The van der Waals surface area contributed by atoms with Gasteiger partial charge in [-0.05, 0) is 73.5 Å². The summed E-state index contributed by atoms with van der Waals surface area (Å²) in [6, 6.07) is 21.3. The van der Waals surface area contributed by atoms with E-state index in [4.69, 9.17) is 11.6 Å². The molecular formula is C23H20ClFN2O. The molecular weight excluding hydrogens is 375 g/mol. The van der Waals surface area contributed by atoms with Crippen LogP contribution in [0.3, 0.4) is 0 Å². The Morgan fingerprint density at radius 1 is 1.04 bits per heavy atom. The Kier molecular flexibility index (Phi) is 5.05. The molecule has 0 radical (unpaired) electrons. The Balaban J connectivity index is 1.67. The number of nitrogens with zero attached hydrogens (tertiary/aromatic N) is 1. The Morgan fingerprint density at radius 2 is 1.71 bits per heavy atom. The minimum atomic E-state index is -0.261. The molecule has 3 aromatic carbocycles. The highest BCUT2D eigenvalue weighted by Gasteiger charge is 2.34. The molecule has 1 heterocycles. The van der Waals surface area contributed by atoms with Gasteiger partial charge in [-0.25, -0.2) is 4.39 Å². The van der Waals surface area contributed by atoms with Crippen molar-refractivity contribution >= 4 is 28.9 Å². The fourth-order valence-electron chi connectivity index (χ4n) is 3.74. The van der Waals surface area contributed by atoms with E-state index < -0.39 is 0 Å². The van der Waals surface area contributed by atoms with Crippen molar-refractivity contribution in [1.29, 1.82) is 0 Å². The van der Waals surface area contributed by atoms with Gasteiger partial charge in [0.25, 0.3) is 5.91 Å². The highest BCUT2D eigenvalue weighted by atomic mass is 35.5. The number of hydrogen-bond acceptors (Lipinski definition) is 2. The Hall–Kier alpha value is -2.85. The number of amides is 1. The summed E-state index contributed by atoms with van der Waals surface area (Å²) in [6.45, 7) is 2.04. The van der Waals surface area contributed by atoms with Crippen LogP contribution in [0.5, 0.6) is 0 Å². The maximum absolute atomic E-state index is 13.2. The summed E-state index contributed by atoms with van der Waals surface area (Å²) in [6.07, 6.45) is 0.744. The zero-order valence-corrected chi connectivity index (χ0v) is 16.2. The maximum atomic E-state index is 13.2. The van der Waals surface area contributed by atoms with Gasteiger partial charge in [0, 0.05) is 28.0 Å². The molecule has 142 valence electrons. The second-order valence-corrected chi connectivity index (χ2v) is 7.47. The maximum Gasteiger partial charge on any atom is 0.258 e. The Labute approximate surface area is 168 Å². The predicted molar refractivity (Wildman–Crippen MR) is 112 cm³/mol. The lowest BCUT2D eigenvalue weighted by molar-refractivity contribution is 0.0974. The number of rotatable bonds is 3. The molecule has 0 fully saturated rings. The minimum absolute atomic E-state index is 0.00368. The average Bonchev–Trinajstić information content (AvgIpc) is 2.70. The van der Waals surface area contributed by atoms with Gasteiger partial charge in [-0.15, -0.1) is 0 Å². The quantitative estimate of drug-likeness (QED) is 0.584. The molecule has 4 rings (SSSR count). The topological polar surface area (TPSA) is 32.3 Å². The van der Waals surface area contributed by atoms with Crippen molar-refractivity contribution in [3.8, 4) is 0 Å². The van der Waals surface area contributed by atoms with Crippen molar-refractivity contribution in [3.63, 3.8) is 0 Å². The lowest BCUT2D eigenvalue weighted by Gasteiger charge is -2.40. The lowest BCUT2D eigenvalue weighted by atomic mass is 9.90. The molecule has 0 saturated carbocycles. The number of hydrogen-bond donors (Lipinski definition) is 1. The van der Waals surface area contributed by atoms with Crippen LogP contribution in [0, 0.1) is 5.82 Å². The lowest BCUT2D eigenvalue weighted by Crippen LogP contribution is -2.44. The van der Waals surface area contributed by atoms with Gasteiger partial charge in [0.2, 0.25) is 0 Å². The van der Waals surface area contributed by atoms with E-state index in [2.05, 4.69) is 5.32 Å². The number of carbonyl (C=O) groups is 1. The molecule has 1 aliphatic rings. The standard InChI is InChI=1S/C23H20ClFN2O/c1-15-14-21(26-19-12-10-18(25)11-13-19)20-4-2-3-5-22(20)27(15)23(28)16-6-8-17(24)9-7-16/h2-13,15,21,26H,14H2,1H3/t15-,21-/m1/s1. The van der Waals surface area contributed by atoms with Crippen LogP contribution in [0.1, 0.15) is 35.3 Å². The largest absolute Gasteiger partial charge is 0.378 e. The minimum Gasteiger partial charge on any atom is -0.378 e. The van der Waals surface area contributed by atoms with Gasteiger partial charge in [-0.1, -0.05) is 29.8 Å². The Bertz CT molecular complexity index is 988. The van der Waals surface area contributed by atoms with E-state index in [0.29, 0.717) is 10.6 Å². The summed E-state index contributed by atoms with van der Waals surface area (Å²) in [5, 5.41) is 4.08. The summed E-state index contributed by atoms with van der Waals surface area (Å²) in [5.41, 5.74) is 3.40. The third kappa shape index (κ3) is 3.60. The SMILES string of the molecule is C[C@@H]1C[C@@H](Nc2ccc(F)cc2)c2ccccc2N1C(=O)c1ccc(Cl)cc1. The second kappa shape index (κ2) is 7.64. The van der Waals surface area contributed by atoms with Gasteiger partial charge < -0.3 is 10.2 Å². The smallest absolute Gasteiger partial charge is 0.258 e. The average molecular weight is 395 g/mol. The zero-order valence-electron chi connectivity index (χ0n) is 15.4. The number of nitrogens with one attached hydrogen (secondary N) is 1. The first kappa shape index (κ1) is 18.5. The highest BCUT2D eigenvalue weighted by molar-refractivity contribution is 6.30. The first-order valence-electron chi connectivity index (χ1n) is 9.23. The number of fused-ring (bicyclic) bond motifs is 1. The zero-order chi connectivity index (χ0) is 19.7. The van der Waals surface area contributed by atoms with Crippen LogP contribution in [0.2, 0.25) is 5.02 Å².